The molecule has 0 aliphatic heterocycles. The molecule has 4 N–H and O–H groups in total. The second-order valence-corrected chi connectivity index (χ2v) is 4.48. The van der Waals surface area contributed by atoms with Gasteiger partial charge in [0.2, 0.25) is 11.8 Å². The van der Waals surface area contributed by atoms with Crippen LogP contribution in [-0.2, 0) is 9.59 Å². The zero-order valence-corrected chi connectivity index (χ0v) is 12.2. The Morgan fingerprint density at radius 3 is 2.39 bits per heavy atom. The normalized spacial score (nSPS) is 11.1. The first-order chi connectivity index (χ1) is 7.99. The molecule has 0 saturated heterocycles. The van der Waals surface area contributed by atoms with Gasteiger partial charge < -0.3 is 16.4 Å². The van der Waals surface area contributed by atoms with E-state index in [0.717, 1.165) is 4.47 Å². The van der Waals surface area contributed by atoms with E-state index < -0.39 is 6.04 Å². The Hall–Kier alpha value is -1.11. The van der Waals surface area contributed by atoms with Gasteiger partial charge in [-0.1, -0.05) is 15.9 Å². The first-order valence-electron chi connectivity index (χ1n) is 5.08. The predicted molar refractivity (Wildman–Crippen MR) is 76.7 cm³/mol. The third-order valence-corrected chi connectivity index (χ3v) is 2.49. The van der Waals surface area contributed by atoms with E-state index in [9.17, 15) is 9.59 Å². The predicted octanol–water partition coefficient (Wildman–Crippen LogP) is 1.27. The zero-order chi connectivity index (χ0) is 12.8. The van der Waals surface area contributed by atoms with Crippen LogP contribution in [0.15, 0.2) is 28.7 Å². The van der Waals surface area contributed by atoms with Crippen molar-refractivity contribution in [3.8, 4) is 0 Å². The first-order valence-corrected chi connectivity index (χ1v) is 5.87. The lowest BCUT2D eigenvalue weighted by atomic mass is 10.3. The molecule has 1 aromatic rings. The number of benzene rings is 1. The number of anilines is 1. The fourth-order valence-electron chi connectivity index (χ4n) is 1.07. The van der Waals surface area contributed by atoms with Crippen LogP contribution in [-0.4, -0.2) is 24.4 Å². The molecule has 0 radical (unpaired) electrons. The molecule has 0 heterocycles. The highest BCUT2D eigenvalue weighted by Crippen LogP contribution is 2.13. The summed E-state index contributed by atoms with van der Waals surface area (Å²) in [6.45, 7) is 1.47. The monoisotopic (exact) mass is 335 g/mol. The van der Waals surface area contributed by atoms with Crippen molar-refractivity contribution in [3.05, 3.63) is 28.7 Å². The van der Waals surface area contributed by atoms with Gasteiger partial charge in [-0.25, -0.2) is 0 Å². The van der Waals surface area contributed by atoms with Crippen LogP contribution in [0.1, 0.15) is 6.92 Å². The summed E-state index contributed by atoms with van der Waals surface area (Å²) in [5.41, 5.74) is 6.02. The lowest BCUT2D eigenvalue weighted by molar-refractivity contribution is -0.124. The van der Waals surface area contributed by atoms with Crippen molar-refractivity contribution >= 4 is 45.8 Å². The van der Waals surface area contributed by atoms with Crippen LogP contribution < -0.4 is 16.4 Å². The van der Waals surface area contributed by atoms with Crippen LogP contribution in [0.5, 0.6) is 0 Å². The van der Waals surface area contributed by atoms with Gasteiger partial charge in [-0.2, -0.15) is 0 Å². The summed E-state index contributed by atoms with van der Waals surface area (Å²) in [6, 6.07) is 6.53. The molecule has 2 amide bonds. The minimum atomic E-state index is -0.615. The molecule has 1 aromatic carbocycles. The van der Waals surface area contributed by atoms with E-state index in [-0.39, 0.29) is 30.8 Å². The third-order valence-electron chi connectivity index (χ3n) is 1.96. The van der Waals surface area contributed by atoms with Gasteiger partial charge >= 0.3 is 0 Å². The van der Waals surface area contributed by atoms with E-state index in [0.29, 0.717) is 5.69 Å². The molecule has 1 atom stereocenters. The fourth-order valence-corrected chi connectivity index (χ4v) is 1.33. The van der Waals surface area contributed by atoms with E-state index in [2.05, 4.69) is 26.6 Å². The lowest BCUT2D eigenvalue weighted by Crippen LogP contribution is -2.41. The highest BCUT2D eigenvalue weighted by molar-refractivity contribution is 9.10. The minimum absolute atomic E-state index is 0. The molecule has 0 unspecified atom stereocenters. The molecule has 5 nitrogen and oxygen atoms in total. The molecule has 0 saturated carbocycles. The molecule has 18 heavy (non-hydrogen) atoms. The Bertz CT molecular complexity index is 409. The van der Waals surface area contributed by atoms with Crippen molar-refractivity contribution in [2.75, 3.05) is 11.9 Å². The number of rotatable bonds is 4. The summed E-state index contributed by atoms with van der Waals surface area (Å²) in [6.07, 6.45) is 0. The van der Waals surface area contributed by atoms with Crippen LogP contribution in [0.2, 0.25) is 0 Å². The maximum atomic E-state index is 11.4. The summed E-state index contributed by atoms with van der Waals surface area (Å²) in [5.74, 6) is -0.641. The van der Waals surface area contributed by atoms with Crippen molar-refractivity contribution in [3.63, 3.8) is 0 Å². The molecule has 0 aliphatic carbocycles. The average Bonchev–Trinajstić information content (AvgIpc) is 2.29. The van der Waals surface area contributed by atoms with E-state index in [1.165, 1.54) is 0 Å². The smallest absolute Gasteiger partial charge is 0.243 e. The van der Waals surface area contributed by atoms with Crippen molar-refractivity contribution in [1.82, 2.24) is 5.32 Å². The molecule has 0 aromatic heterocycles. The van der Waals surface area contributed by atoms with Crippen LogP contribution in [0.25, 0.3) is 0 Å². The van der Waals surface area contributed by atoms with E-state index in [1.807, 2.05) is 12.1 Å². The van der Waals surface area contributed by atoms with Crippen LogP contribution in [0.4, 0.5) is 5.69 Å². The summed E-state index contributed by atoms with van der Waals surface area (Å²) >= 11 is 3.29. The first kappa shape index (κ1) is 16.9. The highest BCUT2D eigenvalue weighted by Gasteiger charge is 2.09. The second kappa shape index (κ2) is 8.07. The number of hydrogen-bond acceptors (Lipinski definition) is 3. The van der Waals surface area contributed by atoms with Gasteiger partial charge in [0.05, 0.1) is 12.6 Å². The molecule has 100 valence electrons. The summed E-state index contributed by atoms with van der Waals surface area (Å²) in [7, 11) is 0. The van der Waals surface area contributed by atoms with E-state index in [4.69, 9.17) is 5.73 Å². The number of carbonyl (C=O) groups is 2. The summed E-state index contributed by atoms with van der Waals surface area (Å²) in [4.78, 5) is 22.6. The minimum Gasteiger partial charge on any atom is -0.346 e. The molecule has 0 fully saturated rings. The van der Waals surface area contributed by atoms with Crippen molar-refractivity contribution in [2.24, 2.45) is 5.73 Å². The Morgan fingerprint density at radius 1 is 1.33 bits per heavy atom. The number of hydrogen-bond donors (Lipinski definition) is 3. The van der Waals surface area contributed by atoms with Crippen LogP contribution in [0.3, 0.4) is 0 Å². The number of nitrogens with one attached hydrogen (secondary N) is 2. The van der Waals surface area contributed by atoms with Gasteiger partial charge in [0, 0.05) is 10.2 Å². The summed E-state index contributed by atoms with van der Waals surface area (Å²) in [5, 5.41) is 5.08. The van der Waals surface area contributed by atoms with Gasteiger partial charge in [-0.15, -0.1) is 12.4 Å². The van der Waals surface area contributed by atoms with Gasteiger partial charge in [-0.3, -0.25) is 9.59 Å². The largest absolute Gasteiger partial charge is 0.346 e. The number of halogens is 2. The van der Waals surface area contributed by atoms with Crippen molar-refractivity contribution in [1.29, 1.82) is 0 Å². The molecule has 1 rings (SSSR count). The third kappa shape index (κ3) is 6.00. The van der Waals surface area contributed by atoms with Gasteiger partial charge in [0.1, 0.15) is 0 Å². The van der Waals surface area contributed by atoms with Gasteiger partial charge in [0.25, 0.3) is 0 Å². The molecule has 7 heteroatoms. The maximum Gasteiger partial charge on any atom is 0.243 e. The van der Waals surface area contributed by atoms with Crippen LogP contribution >= 0.6 is 28.3 Å². The molecule has 0 spiro atoms. The molecular formula is C11H15BrClN3O2. The fraction of sp³-hybridized carbons (Fsp3) is 0.273. The number of amides is 2. The Labute approximate surface area is 120 Å². The van der Waals surface area contributed by atoms with Crippen molar-refractivity contribution < 1.29 is 9.59 Å². The topological polar surface area (TPSA) is 84.2 Å². The molecule has 0 aliphatic rings. The quantitative estimate of drug-likeness (QED) is 0.774. The SMILES string of the molecule is C[C@@H](N)C(=O)NCC(=O)Nc1ccc(Br)cc1.Cl. The van der Waals surface area contributed by atoms with Crippen molar-refractivity contribution in [2.45, 2.75) is 13.0 Å². The number of nitrogens with two attached hydrogens (primary N) is 1. The highest BCUT2D eigenvalue weighted by atomic mass is 79.9. The number of carbonyl (C=O) groups excluding carboxylic acids is 2. The Morgan fingerprint density at radius 2 is 1.89 bits per heavy atom. The maximum absolute atomic E-state index is 11.4. The molecular weight excluding hydrogens is 321 g/mol. The molecule has 0 bridgehead atoms. The average molecular weight is 337 g/mol. The van der Waals surface area contributed by atoms with Crippen LogP contribution in [0, 0.1) is 0 Å². The Balaban J connectivity index is 0.00000289. The van der Waals surface area contributed by atoms with Gasteiger partial charge in [0.15, 0.2) is 0 Å². The summed E-state index contributed by atoms with van der Waals surface area (Å²) < 4.78 is 0.931. The second-order valence-electron chi connectivity index (χ2n) is 3.56. The standard InChI is InChI=1S/C11H14BrN3O2.ClH/c1-7(13)11(17)14-6-10(16)15-9-4-2-8(12)3-5-9;/h2-5,7H,6,13H2,1H3,(H,14,17)(H,15,16);1H/t7-;/m1./s1. The van der Waals surface area contributed by atoms with E-state index >= 15 is 0 Å². The lowest BCUT2D eigenvalue weighted by Gasteiger charge is -2.08. The van der Waals surface area contributed by atoms with E-state index in [1.54, 1.807) is 19.1 Å². The zero-order valence-electron chi connectivity index (χ0n) is 9.77. The van der Waals surface area contributed by atoms with Gasteiger partial charge in [-0.05, 0) is 31.2 Å². The Kier molecular flexibility index (Phi) is 7.58.